The Morgan fingerprint density at radius 2 is 1.85 bits per heavy atom. The number of para-hydroxylation sites is 1. The summed E-state index contributed by atoms with van der Waals surface area (Å²) in [5.74, 6) is 0.483. The van der Waals surface area contributed by atoms with Gasteiger partial charge in [0.25, 0.3) is 5.91 Å². The molecule has 2 aromatic carbocycles. The standard InChI is InChI=1S/C19H17Cl2N3O2/c1-13-11-23-24(12-13)10-9-22-19(25)18-15(21)6-4-8-17(18)26-16-7-3-2-5-14(16)20/h2-8,11-12H,9-10H2,1H3,(H,22,25). The third kappa shape index (κ3) is 4.36. The van der Waals surface area contributed by atoms with Crippen LogP contribution in [0.15, 0.2) is 54.9 Å². The van der Waals surface area contributed by atoms with Gasteiger partial charge in [-0.2, -0.15) is 5.10 Å². The van der Waals surface area contributed by atoms with Gasteiger partial charge in [-0.15, -0.1) is 0 Å². The summed E-state index contributed by atoms with van der Waals surface area (Å²) >= 11 is 12.4. The highest BCUT2D eigenvalue weighted by molar-refractivity contribution is 6.34. The molecule has 134 valence electrons. The number of ether oxygens (including phenoxy) is 1. The Bertz CT molecular complexity index is 925. The second kappa shape index (κ2) is 8.25. The number of nitrogens with zero attached hydrogens (tertiary/aromatic N) is 2. The summed E-state index contributed by atoms with van der Waals surface area (Å²) < 4.78 is 7.58. The van der Waals surface area contributed by atoms with Crippen molar-refractivity contribution in [3.8, 4) is 11.5 Å². The summed E-state index contributed by atoms with van der Waals surface area (Å²) in [5, 5.41) is 7.79. The molecule has 1 aromatic heterocycles. The monoisotopic (exact) mass is 389 g/mol. The minimum absolute atomic E-state index is 0.269. The van der Waals surface area contributed by atoms with Crippen molar-refractivity contribution in [2.75, 3.05) is 6.54 Å². The van der Waals surface area contributed by atoms with Crippen molar-refractivity contribution >= 4 is 29.1 Å². The van der Waals surface area contributed by atoms with Crippen LogP contribution in [0, 0.1) is 6.92 Å². The van der Waals surface area contributed by atoms with E-state index in [1.807, 2.05) is 13.1 Å². The summed E-state index contributed by atoms with van der Waals surface area (Å²) in [7, 11) is 0. The van der Waals surface area contributed by atoms with E-state index in [0.29, 0.717) is 34.6 Å². The van der Waals surface area contributed by atoms with E-state index in [0.717, 1.165) is 5.56 Å². The minimum atomic E-state index is -0.318. The molecule has 0 fully saturated rings. The Hall–Kier alpha value is -2.50. The molecule has 0 atom stereocenters. The van der Waals surface area contributed by atoms with Gasteiger partial charge >= 0.3 is 0 Å². The molecule has 5 nitrogen and oxygen atoms in total. The van der Waals surface area contributed by atoms with Crippen molar-refractivity contribution < 1.29 is 9.53 Å². The molecule has 0 unspecified atom stereocenters. The third-order valence-corrected chi connectivity index (χ3v) is 4.28. The number of aromatic nitrogens is 2. The van der Waals surface area contributed by atoms with E-state index in [4.69, 9.17) is 27.9 Å². The molecule has 0 bridgehead atoms. The van der Waals surface area contributed by atoms with Crippen LogP contribution < -0.4 is 10.1 Å². The van der Waals surface area contributed by atoms with Gasteiger partial charge in [0, 0.05) is 12.7 Å². The van der Waals surface area contributed by atoms with Crippen molar-refractivity contribution in [3.05, 3.63) is 76.0 Å². The van der Waals surface area contributed by atoms with Gasteiger partial charge < -0.3 is 10.1 Å². The third-order valence-electron chi connectivity index (χ3n) is 3.65. The Morgan fingerprint density at radius 3 is 2.58 bits per heavy atom. The zero-order valence-corrected chi connectivity index (χ0v) is 15.6. The lowest BCUT2D eigenvalue weighted by Crippen LogP contribution is -2.28. The summed E-state index contributed by atoms with van der Waals surface area (Å²) in [6, 6.07) is 12.1. The fraction of sp³-hybridized carbons (Fsp3) is 0.158. The lowest BCUT2D eigenvalue weighted by molar-refractivity contribution is 0.0950. The molecular formula is C19H17Cl2N3O2. The number of nitrogens with one attached hydrogen (secondary N) is 1. The maximum absolute atomic E-state index is 12.6. The predicted molar refractivity (Wildman–Crippen MR) is 102 cm³/mol. The molecule has 1 N–H and O–H groups in total. The van der Waals surface area contributed by atoms with E-state index in [9.17, 15) is 4.79 Å². The molecule has 0 radical (unpaired) electrons. The number of hydrogen-bond acceptors (Lipinski definition) is 3. The fourth-order valence-corrected chi connectivity index (χ4v) is 2.84. The van der Waals surface area contributed by atoms with Crippen molar-refractivity contribution in [1.82, 2.24) is 15.1 Å². The van der Waals surface area contributed by atoms with E-state index in [1.54, 1.807) is 53.3 Å². The van der Waals surface area contributed by atoms with Crippen LogP contribution in [0.1, 0.15) is 15.9 Å². The van der Waals surface area contributed by atoms with Crippen LogP contribution in [-0.4, -0.2) is 22.2 Å². The second-order valence-electron chi connectivity index (χ2n) is 5.68. The number of rotatable bonds is 6. The molecule has 26 heavy (non-hydrogen) atoms. The van der Waals surface area contributed by atoms with E-state index in [2.05, 4.69) is 10.4 Å². The summed E-state index contributed by atoms with van der Waals surface area (Å²) in [6.45, 7) is 2.94. The molecule has 1 amide bonds. The first-order valence-electron chi connectivity index (χ1n) is 8.03. The maximum atomic E-state index is 12.6. The molecule has 3 rings (SSSR count). The van der Waals surface area contributed by atoms with Crippen LogP contribution in [0.3, 0.4) is 0 Å². The molecule has 0 saturated carbocycles. The summed E-state index contributed by atoms with van der Waals surface area (Å²) in [6.07, 6.45) is 3.68. The van der Waals surface area contributed by atoms with E-state index in [1.165, 1.54) is 0 Å². The zero-order valence-electron chi connectivity index (χ0n) is 14.1. The fourth-order valence-electron chi connectivity index (χ4n) is 2.42. The van der Waals surface area contributed by atoms with Crippen LogP contribution in [0.25, 0.3) is 0 Å². The van der Waals surface area contributed by atoms with Crippen molar-refractivity contribution in [2.24, 2.45) is 0 Å². The zero-order chi connectivity index (χ0) is 18.5. The molecule has 7 heteroatoms. The topological polar surface area (TPSA) is 56.2 Å². The SMILES string of the molecule is Cc1cnn(CCNC(=O)c2c(Cl)cccc2Oc2ccccc2Cl)c1. The lowest BCUT2D eigenvalue weighted by Gasteiger charge is -2.13. The number of carbonyl (C=O) groups is 1. The number of hydrogen-bond donors (Lipinski definition) is 1. The molecule has 3 aromatic rings. The van der Waals surface area contributed by atoms with Gasteiger partial charge in [0.2, 0.25) is 0 Å². The number of carbonyl (C=O) groups excluding carboxylic acids is 1. The normalized spacial score (nSPS) is 10.6. The molecule has 0 aliphatic heterocycles. The molecule has 1 heterocycles. The molecule has 0 spiro atoms. The van der Waals surface area contributed by atoms with Gasteiger partial charge in [0.1, 0.15) is 17.1 Å². The average molecular weight is 390 g/mol. The van der Waals surface area contributed by atoms with Crippen LogP contribution >= 0.6 is 23.2 Å². The first-order chi connectivity index (χ1) is 12.5. The first kappa shape index (κ1) is 18.3. The summed E-state index contributed by atoms with van der Waals surface area (Å²) in [4.78, 5) is 12.6. The minimum Gasteiger partial charge on any atom is -0.455 e. The molecular weight excluding hydrogens is 373 g/mol. The largest absolute Gasteiger partial charge is 0.455 e. The number of benzene rings is 2. The lowest BCUT2D eigenvalue weighted by atomic mass is 10.2. The van der Waals surface area contributed by atoms with E-state index in [-0.39, 0.29) is 11.5 Å². The van der Waals surface area contributed by atoms with Gasteiger partial charge in [0.05, 0.1) is 22.8 Å². The Morgan fingerprint density at radius 1 is 1.12 bits per heavy atom. The van der Waals surface area contributed by atoms with Crippen LogP contribution in [0.2, 0.25) is 10.0 Å². The number of aryl methyl sites for hydroxylation is 1. The highest BCUT2D eigenvalue weighted by atomic mass is 35.5. The van der Waals surface area contributed by atoms with Crippen LogP contribution in [0.4, 0.5) is 0 Å². The predicted octanol–water partition coefficient (Wildman–Crippen LogP) is 4.72. The molecule has 0 saturated heterocycles. The van der Waals surface area contributed by atoms with Gasteiger partial charge in [-0.25, -0.2) is 0 Å². The van der Waals surface area contributed by atoms with Crippen molar-refractivity contribution in [3.63, 3.8) is 0 Å². The van der Waals surface area contributed by atoms with Crippen LogP contribution in [0.5, 0.6) is 11.5 Å². The quantitative estimate of drug-likeness (QED) is 0.663. The summed E-state index contributed by atoms with van der Waals surface area (Å²) in [5.41, 5.74) is 1.34. The Balaban J connectivity index is 1.73. The first-order valence-corrected chi connectivity index (χ1v) is 8.78. The average Bonchev–Trinajstić information content (AvgIpc) is 3.02. The molecule has 0 aliphatic rings. The maximum Gasteiger partial charge on any atom is 0.256 e. The van der Waals surface area contributed by atoms with Gasteiger partial charge in [0.15, 0.2) is 0 Å². The Kier molecular flexibility index (Phi) is 5.81. The van der Waals surface area contributed by atoms with E-state index >= 15 is 0 Å². The van der Waals surface area contributed by atoms with Gasteiger partial charge in [-0.3, -0.25) is 9.48 Å². The molecule has 0 aliphatic carbocycles. The second-order valence-corrected chi connectivity index (χ2v) is 6.50. The number of amides is 1. The smallest absolute Gasteiger partial charge is 0.256 e. The number of halogens is 2. The van der Waals surface area contributed by atoms with Crippen molar-refractivity contribution in [1.29, 1.82) is 0 Å². The van der Waals surface area contributed by atoms with Crippen LogP contribution in [-0.2, 0) is 6.54 Å². The van der Waals surface area contributed by atoms with E-state index < -0.39 is 0 Å². The van der Waals surface area contributed by atoms with Crippen molar-refractivity contribution in [2.45, 2.75) is 13.5 Å². The highest BCUT2D eigenvalue weighted by Crippen LogP contribution is 2.33. The van der Waals surface area contributed by atoms with Gasteiger partial charge in [-0.1, -0.05) is 41.4 Å². The Labute approximate surface area is 161 Å². The highest BCUT2D eigenvalue weighted by Gasteiger charge is 2.17. The van der Waals surface area contributed by atoms with Gasteiger partial charge in [-0.05, 0) is 36.8 Å².